The molecule has 2 heterocycles. The van der Waals surface area contributed by atoms with Crippen LogP contribution in [0.25, 0.3) is 11.8 Å². The maximum absolute atomic E-state index is 12.7. The molecular formula is C19H17IN2O4S. The van der Waals surface area contributed by atoms with Crippen LogP contribution in [0, 0.1) is 3.57 Å². The van der Waals surface area contributed by atoms with Crippen molar-refractivity contribution in [2.75, 3.05) is 6.61 Å². The van der Waals surface area contributed by atoms with Crippen molar-refractivity contribution in [1.82, 2.24) is 9.47 Å². The normalized spacial score (nSPS) is 16.9. The number of imide groups is 1. The number of aromatic nitrogens is 1. The Bertz CT molecular complexity index is 920. The molecule has 0 spiro atoms. The molecule has 1 aliphatic heterocycles. The first-order valence-electron chi connectivity index (χ1n) is 8.29. The number of esters is 1. The van der Waals surface area contributed by atoms with Gasteiger partial charge >= 0.3 is 5.97 Å². The summed E-state index contributed by atoms with van der Waals surface area (Å²) in [7, 11) is 0. The highest BCUT2D eigenvalue weighted by molar-refractivity contribution is 14.1. The lowest BCUT2D eigenvalue weighted by molar-refractivity contribution is -0.150. The Kier molecular flexibility index (Phi) is 6.05. The molecule has 0 aliphatic carbocycles. The van der Waals surface area contributed by atoms with E-state index in [1.54, 1.807) is 13.0 Å². The second kappa shape index (κ2) is 8.30. The fourth-order valence-corrected chi connectivity index (χ4v) is 3.92. The van der Waals surface area contributed by atoms with E-state index in [0.717, 1.165) is 31.6 Å². The van der Waals surface area contributed by atoms with Gasteiger partial charge in [0.2, 0.25) is 0 Å². The lowest BCUT2D eigenvalue weighted by Gasteiger charge is -2.19. The molecule has 1 unspecified atom stereocenters. The number of halogens is 1. The molecule has 140 valence electrons. The molecule has 0 radical (unpaired) electrons. The van der Waals surface area contributed by atoms with Crippen LogP contribution < -0.4 is 0 Å². The topological polar surface area (TPSA) is 68.6 Å². The van der Waals surface area contributed by atoms with E-state index < -0.39 is 23.2 Å². The van der Waals surface area contributed by atoms with E-state index in [2.05, 4.69) is 22.6 Å². The molecule has 2 amide bonds. The average molecular weight is 496 g/mol. The van der Waals surface area contributed by atoms with Crippen LogP contribution in [0.4, 0.5) is 4.79 Å². The number of nitrogens with zero attached hydrogens (tertiary/aromatic N) is 2. The van der Waals surface area contributed by atoms with Crippen LogP contribution in [0.3, 0.4) is 0 Å². The van der Waals surface area contributed by atoms with Gasteiger partial charge in [-0.05, 0) is 90.7 Å². The number of amides is 2. The summed E-state index contributed by atoms with van der Waals surface area (Å²) < 4.78 is 7.98. The summed E-state index contributed by atoms with van der Waals surface area (Å²) in [5.74, 6) is -1.08. The van der Waals surface area contributed by atoms with Crippen molar-refractivity contribution in [3.63, 3.8) is 0 Å². The molecule has 2 aromatic rings. The molecule has 0 N–H and O–H groups in total. The van der Waals surface area contributed by atoms with Gasteiger partial charge in [-0.1, -0.05) is 0 Å². The first kappa shape index (κ1) is 19.7. The molecule has 3 rings (SSSR count). The smallest absolute Gasteiger partial charge is 0.329 e. The number of hydrogen-bond acceptors (Lipinski definition) is 5. The predicted molar refractivity (Wildman–Crippen MR) is 112 cm³/mol. The number of carbonyl (C=O) groups excluding carboxylic acids is 3. The number of carbonyl (C=O) groups is 3. The minimum absolute atomic E-state index is 0.193. The van der Waals surface area contributed by atoms with Gasteiger partial charge in [0.15, 0.2) is 0 Å². The zero-order chi connectivity index (χ0) is 19.6. The second-order valence-corrected chi connectivity index (χ2v) is 8.00. The molecule has 1 aromatic heterocycles. The summed E-state index contributed by atoms with van der Waals surface area (Å²) in [6.07, 6.45) is 3.56. The third-order valence-electron chi connectivity index (χ3n) is 4.00. The summed E-state index contributed by atoms with van der Waals surface area (Å²) in [5, 5.41) is -0.473. The van der Waals surface area contributed by atoms with Gasteiger partial charge in [-0.15, -0.1) is 0 Å². The van der Waals surface area contributed by atoms with Crippen molar-refractivity contribution in [2.45, 2.75) is 19.9 Å². The van der Waals surface area contributed by atoms with Crippen molar-refractivity contribution < 1.29 is 19.1 Å². The zero-order valence-corrected chi connectivity index (χ0v) is 17.7. The number of ether oxygens (including phenoxy) is 1. The Morgan fingerprint density at radius 2 is 1.96 bits per heavy atom. The molecule has 27 heavy (non-hydrogen) atoms. The SMILES string of the molecule is CCOC(=O)C(C)N1C(=O)SC(=Cc2cccn2-c2ccc(I)cc2)C1=O. The lowest BCUT2D eigenvalue weighted by Crippen LogP contribution is -2.42. The summed E-state index contributed by atoms with van der Waals surface area (Å²) in [6.45, 7) is 3.36. The first-order chi connectivity index (χ1) is 12.9. The Hall–Kier alpha value is -2.07. The number of rotatable bonds is 5. The van der Waals surface area contributed by atoms with Crippen LogP contribution in [0.5, 0.6) is 0 Å². The highest BCUT2D eigenvalue weighted by Crippen LogP contribution is 2.34. The number of benzene rings is 1. The second-order valence-electron chi connectivity index (χ2n) is 5.76. The maximum atomic E-state index is 12.7. The molecular weight excluding hydrogens is 479 g/mol. The number of thioether (sulfide) groups is 1. The summed E-state index contributed by atoms with van der Waals surface area (Å²) >= 11 is 3.06. The van der Waals surface area contributed by atoms with Crippen molar-refractivity contribution >= 4 is 57.5 Å². The minimum atomic E-state index is -0.952. The van der Waals surface area contributed by atoms with E-state index >= 15 is 0 Å². The van der Waals surface area contributed by atoms with E-state index in [0.29, 0.717) is 0 Å². The van der Waals surface area contributed by atoms with Crippen LogP contribution in [-0.2, 0) is 14.3 Å². The monoisotopic (exact) mass is 496 g/mol. The van der Waals surface area contributed by atoms with E-state index in [9.17, 15) is 14.4 Å². The zero-order valence-electron chi connectivity index (χ0n) is 14.7. The Morgan fingerprint density at radius 1 is 1.26 bits per heavy atom. The summed E-state index contributed by atoms with van der Waals surface area (Å²) in [5.41, 5.74) is 1.72. The third-order valence-corrected chi connectivity index (χ3v) is 5.61. The molecule has 1 aliphatic rings. The number of hydrogen-bond donors (Lipinski definition) is 0. The molecule has 1 atom stereocenters. The maximum Gasteiger partial charge on any atom is 0.329 e. The van der Waals surface area contributed by atoms with Gasteiger partial charge < -0.3 is 9.30 Å². The van der Waals surface area contributed by atoms with Gasteiger partial charge in [0.05, 0.1) is 11.5 Å². The van der Waals surface area contributed by atoms with Gasteiger partial charge in [-0.3, -0.25) is 14.5 Å². The highest BCUT2D eigenvalue weighted by Gasteiger charge is 2.41. The van der Waals surface area contributed by atoms with Crippen molar-refractivity contribution in [1.29, 1.82) is 0 Å². The molecule has 1 saturated heterocycles. The molecule has 8 heteroatoms. The van der Waals surface area contributed by atoms with Crippen LogP contribution in [-0.4, -0.2) is 39.2 Å². The van der Waals surface area contributed by atoms with E-state index in [1.807, 2.05) is 47.2 Å². The van der Waals surface area contributed by atoms with E-state index in [1.165, 1.54) is 6.92 Å². The Labute approximate surface area is 174 Å². The summed E-state index contributed by atoms with van der Waals surface area (Å²) in [6, 6.07) is 10.7. The lowest BCUT2D eigenvalue weighted by atomic mass is 10.2. The van der Waals surface area contributed by atoms with Gasteiger partial charge in [0, 0.05) is 21.1 Å². The van der Waals surface area contributed by atoms with Gasteiger partial charge in [-0.25, -0.2) is 4.79 Å². The van der Waals surface area contributed by atoms with Crippen LogP contribution in [0.1, 0.15) is 19.5 Å². The van der Waals surface area contributed by atoms with Crippen LogP contribution in [0.2, 0.25) is 0 Å². The van der Waals surface area contributed by atoms with Crippen molar-refractivity contribution in [3.05, 3.63) is 56.8 Å². The molecule has 0 saturated carbocycles. The summed E-state index contributed by atoms with van der Waals surface area (Å²) in [4.78, 5) is 38.1. The average Bonchev–Trinajstić information content (AvgIpc) is 3.20. The van der Waals surface area contributed by atoms with Gasteiger partial charge in [-0.2, -0.15) is 0 Å². The third kappa shape index (κ3) is 4.11. The van der Waals surface area contributed by atoms with E-state index in [-0.39, 0.29) is 11.5 Å². The molecule has 6 nitrogen and oxygen atoms in total. The van der Waals surface area contributed by atoms with Gasteiger partial charge in [0.25, 0.3) is 11.1 Å². The fourth-order valence-electron chi connectivity index (χ4n) is 2.66. The Morgan fingerprint density at radius 3 is 2.63 bits per heavy atom. The minimum Gasteiger partial charge on any atom is -0.464 e. The largest absolute Gasteiger partial charge is 0.464 e. The van der Waals surface area contributed by atoms with E-state index in [4.69, 9.17) is 4.74 Å². The van der Waals surface area contributed by atoms with Crippen molar-refractivity contribution in [2.24, 2.45) is 0 Å². The Balaban J connectivity index is 1.88. The first-order valence-corrected chi connectivity index (χ1v) is 10.2. The van der Waals surface area contributed by atoms with Crippen molar-refractivity contribution in [3.8, 4) is 5.69 Å². The highest BCUT2D eigenvalue weighted by atomic mass is 127. The quantitative estimate of drug-likeness (QED) is 0.355. The molecule has 1 aromatic carbocycles. The van der Waals surface area contributed by atoms with Crippen LogP contribution in [0.15, 0.2) is 47.5 Å². The standard InChI is InChI=1S/C19H17IN2O4S/c1-3-26-18(24)12(2)22-17(23)16(27-19(22)25)11-15-5-4-10-21(15)14-8-6-13(20)7-9-14/h4-12H,3H2,1-2H3. The molecule has 1 fully saturated rings. The van der Waals surface area contributed by atoms with Crippen LogP contribution >= 0.6 is 34.4 Å². The molecule has 0 bridgehead atoms. The fraction of sp³-hybridized carbons (Fsp3) is 0.211. The predicted octanol–water partition coefficient (Wildman–Crippen LogP) is 4.07. The van der Waals surface area contributed by atoms with Gasteiger partial charge in [0.1, 0.15) is 6.04 Å².